The van der Waals surface area contributed by atoms with E-state index in [2.05, 4.69) is 19.2 Å². The number of hydrogen-bond acceptors (Lipinski definition) is 4. The largest absolute Gasteiger partial charge is 0.496 e. The first-order chi connectivity index (χ1) is 9.52. The van der Waals surface area contributed by atoms with Crippen molar-refractivity contribution >= 4 is 11.4 Å². The Labute approximate surface area is 119 Å². The summed E-state index contributed by atoms with van der Waals surface area (Å²) in [4.78, 5) is 10.8. The summed E-state index contributed by atoms with van der Waals surface area (Å²) in [6.45, 7) is 4.42. The molecule has 110 valence electrons. The van der Waals surface area contributed by atoms with Gasteiger partial charge in [-0.3, -0.25) is 10.1 Å². The molecule has 2 unspecified atom stereocenters. The van der Waals surface area contributed by atoms with Crippen molar-refractivity contribution in [1.29, 1.82) is 0 Å². The molecule has 1 aromatic rings. The zero-order valence-electron chi connectivity index (χ0n) is 12.3. The molecule has 0 amide bonds. The summed E-state index contributed by atoms with van der Waals surface area (Å²) in [5.41, 5.74) is 0.663. The Hall–Kier alpha value is -1.78. The SMILES string of the molecule is COc1ccc(NC2C(C)CCCC2C)c([N+](=O)[O-])c1. The lowest BCUT2D eigenvalue weighted by Gasteiger charge is -2.35. The van der Waals surface area contributed by atoms with E-state index in [9.17, 15) is 10.1 Å². The first-order valence-electron chi connectivity index (χ1n) is 7.12. The van der Waals surface area contributed by atoms with Gasteiger partial charge in [0.05, 0.1) is 18.1 Å². The van der Waals surface area contributed by atoms with E-state index in [1.54, 1.807) is 12.1 Å². The quantitative estimate of drug-likeness (QED) is 0.671. The van der Waals surface area contributed by atoms with Gasteiger partial charge in [-0.2, -0.15) is 0 Å². The van der Waals surface area contributed by atoms with E-state index >= 15 is 0 Å². The maximum Gasteiger partial charge on any atom is 0.296 e. The molecule has 0 aromatic heterocycles. The van der Waals surface area contributed by atoms with Crippen LogP contribution in [0.15, 0.2) is 18.2 Å². The minimum Gasteiger partial charge on any atom is -0.496 e. The van der Waals surface area contributed by atoms with E-state index in [-0.39, 0.29) is 16.7 Å². The van der Waals surface area contributed by atoms with E-state index in [4.69, 9.17) is 4.74 Å². The van der Waals surface area contributed by atoms with Crippen LogP contribution in [0.3, 0.4) is 0 Å². The molecule has 1 aliphatic rings. The van der Waals surface area contributed by atoms with E-state index in [0.29, 0.717) is 23.3 Å². The molecule has 0 spiro atoms. The summed E-state index contributed by atoms with van der Waals surface area (Å²) in [6, 6.07) is 5.26. The maximum atomic E-state index is 11.2. The maximum absolute atomic E-state index is 11.2. The van der Waals surface area contributed by atoms with Crippen LogP contribution in [0, 0.1) is 22.0 Å². The number of nitro benzene ring substituents is 1. The number of hydrogen-bond donors (Lipinski definition) is 1. The van der Waals surface area contributed by atoms with Crippen LogP contribution in [0.2, 0.25) is 0 Å². The third-order valence-corrected chi connectivity index (χ3v) is 4.27. The second-order valence-electron chi connectivity index (χ2n) is 5.70. The number of anilines is 1. The molecule has 1 fully saturated rings. The number of methoxy groups -OCH3 is 1. The zero-order chi connectivity index (χ0) is 14.7. The Kier molecular flexibility index (Phi) is 4.47. The van der Waals surface area contributed by atoms with Crippen molar-refractivity contribution in [2.75, 3.05) is 12.4 Å². The molecular formula is C15H22N2O3. The Morgan fingerprint density at radius 3 is 2.50 bits per heavy atom. The predicted molar refractivity (Wildman–Crippen MR) is 79.2 cm³/mol. The first-order valence-corrected chi connectivity index (χ1v) is 7.12. The molecule has 1 aromatic carbocycles. The van der Waals surface area contributed by atoms with Crippen molar-refractivity contribution in [3.05, 3.63) is 28.3 Å². The van der Waals surface area contributed by atoms with Crippen LogP contribution in [-0.2, 0) is 0 Å². The second kappa shape index (κ2) is 6.11. The van der Waals surface area contributed by atoms with E-state index in [1.165, 1.54) is 32.4 Å². The molecule has 5 nitrogen and oxygen atoms in total. The third kappa shape index (κ3) is 3.03. The minimum atomic E-state index is -0.358. The second-order valence-corrected chi connectivity index (χ2v) is 5.70. The van der Waals surface area contributed by atoms with Gasteiger partial charge in [-0.15, -0.1) is 0 Å². The summed E-state index contributed by atoms with van der Waals surface area (Å²) < 4.78 is 5.06. The smallest absolute Gasteiger partial charge is 0.296 e. The van der Waals surface area contributed by atoms with Crippen molar-refractivity contribution in [1.82, 2.24) is 0 Å². The molecule has 2 atom stereocenters. The average molecular weight is 278 g/mol. The van der Waals surface area contributed by atoms with Gasteiger partial charge in [0.15, 0.2) is 0 Å². The normalized spacial score (nSPS) is 26.1. The van der Waals surface area contributed by atoms with E-state index < -0.39 is 0 Å². The molecule has 0 aliphatic heterocycles. The Morgan fingerprint density at radius 1 is 1.30 bits per heavy atom. The molecule has 1 saturated carbocycles. The summed E-state index contributed by atoms with van der Waals surface area (Å²) in [6.07, 6.45) is 3.59. The predicted octanol–water partition coefficient (Wildman–Crippen LogP) is 3.84. The van der Waals surface area contributed by atoms with Gasteiger partial charge in [0.25, 0.3) is 5.69 Å². The van der Waals surface area contributed by atoms with Crippen LogP contribution in [0.4, 0.5) is 11.4 Å². The highest BCUT2D eigenvalue weighted by Gasteiger charge is 2.29. The topological polar surface area (TPSA) is 64.4 Å². The number of nitro groups is 1. The molecule has 0 heterocycles. The summed E-state index contributed by atoms with van der Waals surface area (Å²) >= 11 is 0. The van der Waals surface area contributed by atoms with Gasteiger partial charge < -0.3 is 10.1 Å². The number of nitrogens with zero attached hydrogens (tertiary/aromatic N) is 1. The fourth-order valence-corrected chi connectivity index (χ4v) is 3.06. The molecule has 5 heteroatoms. The van der Waals surface area contributed by atoms with Crippen LogP contribution in [0.25, 0.3) is 0 Å². The van der Waals surface area contributed by atoms with Gasteiger partial charge in [-0.05, 0) is 36.8 Å². The fraction of sp³-hybridized carbons (Fsp3) is 0.600. The molecule has 20 heavy (non-hydrogen) atoms. The van der Waals surface area contributed by atoms with Crippen LogP contribution >= 0.6 is 0 Å². The average Bonchev–Trinajstić information content (AvgIpc) is 2.43. The minimum absolute atomic E-state index is 0.0781. The highest BCUT2D eigenvalue weighted by Crippen LogP contribution is 2.35. The zero-order valence-corrected chi connectivity index (χ0v) is 12.3. The lowest BCUT2D eigenvalue weighted by atomic mass is 9.78. The lowest BCUT2D eigenvalue weighted by Crippen LogP contribution is -2.37. The molecule has 0 bridgehead atoms. The van der Waals surface area contributed by atoms with E-state index in [0.717, 1.165) is 0 Å². The third-order valence-electron chi connectivity index (χ3n) is 4.27. The molecule has 0 radical (unpaired) electrons. The molecule has 1 aliphatic carbocycles. The molecular weight excluding hydrogens is 256 g/mol. The Morgan fingerprint density at radius 2 is 1.95 bits per heavy atom. The Bertz CT molecular complexity index is 480. The summed E-state index contributed by atoms with van der Waals surface area (Å²) in [5, 5.41) is 14.6. The number of nitrogens with one attached hydrogen (secondary N) is 1. The van der Waals surface area contributed by atoms with Gasteiger partial charge in [0, 0.05) is 6.04 Å². The van der Waals surface area contributed by atoms with Crippen LogP contribution in [-0.4, -0.2) is 18.1 Å². The number of rotatable bonds is 4. The van der Waals surface area contributed by atoms with E-state index in [1.807, 2.05) is 0 Å². The van der Waals surface area contributed by atoms with Gasteiger partial charge in [0.2, 0.25) is 0 Å². The van der Waals surface area contributed by atoms with Gasteiger partial charge >= 0.3 is 0 Å². The van der Waals surface area contributed by atoms with Gasteiger partial charge in [-0.25, -0.2) is 0 Å². The molecule has 1 N–H and O–H groups in total. The Balaban J connectivity index is 2.25. The fourth-order valence-electron chi connectivity index (χ4n) is 3.06. The van der Waals surface area contributed by atoms with Gasteiger partial charge in [0.1, 0.15) is 11.4 Å². The number of ether oxygens (including phenoxy) is 1. The highest BCUT2D eigenvalue weighted by molar-refractivity contribution is 5.64. The molecule has 0 saturated heterocycles. The van der Waals surface area contributed by atoms with Crippen molar-refractivity contribution in [3.63, 3.8) is 0 Å². The number of benzene rings is 1. The monoisotopic (exact) mass is 278 g/mol. The van der Waals surface area contributed by atoms with Crippen LogP contribution in [0.5, 0.6) is 5.75 Å². The van der Waals surface area contributed by atoms with Crippen molar-refractivity contribution in [3.8, 4) is 5.75 Å². The van der Waals surface area contributed by atoms with Crippen molar-refractivity contribution < 1.29 is 9.66 Å². The highest BCUT2D eigenvalue weighted by atomic mass is 16.6. The lowest BCUT2D eigenvalue weighted by molar-refractivity contribution is -0.384. The van der Waals surface area contributed by atoms with Crippen molar-refractivity contribution in [2.24, 2.45) is 11.8 Å². The standard InChI is InChI=1S/C15H22N2O3/c1-10-5-4-6-11(2)15(10)16-13-8-7-12(20-3)9-14(13)17(18)19/h7-11,15-16H,4-6H2,1-3H3. The van der Waals surface area contributed by atoms with Crippen LogP contribution < -0.4 is 10.1 Å². The van der Waals surface area contributed by atoms with Crippen molar-refractivity contribution in [2.45, 2.75) is 39.2 Å². The van der Waals surface area contributed by atoms with Gasteiger partial charge in [-0.1, -0.05) is 20.3 Å². The first kappa shape index (κ1) is 14.6. The molecule has 2 rings (SSSR count). The summed E-state index contributed by atoms with van der Waals surface area (Å²) in [7, 11) is 1.51. The summed E-state index contributed by atoms with van der Waals surface area (Å²) in [5.74, 6) is 1.56. The van der Waals surface area contributed by atoms with Crippen LogP contribution in [0.1, 0.15) is 33.1 Å².